The van der Waals surface area contributed by atoms with Gasteiger partial charge in [0.1, 0.15) is 6.07 Å². The Morgan fingerprint density at radius 2 is 1.65 bits per heavy atom. The zero-order valence-corrected chi connectivity index (χ0v) is 14.7. The van der Waals surface area contributed by atoms with Gasteiger partial charge < -0.3 is 4.90 Å². The molecule has 3 heteroatoms. The van der Waals surface area contributed by atoms with Crippen molar-refractivity contribution in [1.29, 1.82) is 5.26 Å². The van der Waals surface area contributed by atoms with Crippen LogP contribution in [0.1, 0.15) is 30.0 Å². The van der Waals surface area contributed by atoms with Gasteiger partial charge in [0, 0.05) is 5.69 Å². The van der Waals surface area contributed by atoms with Crippen LogP contribution in [0.4, 0.5) is 11.4 Å². The average Bonchev–Trinajstić information content (AvgIpc) is 2.53. The number of rotatable bonds is 5. The van der Waals surface area contributed by atoms with Crippen molar-refractivity contribution in [3.63, 3.8) is 0 Å². The van der Waals surface area contributed by atoms with Crippen LogP contribution in [0.5, 0.6) is 0 Å². The molecule has 3 nitrogen and oxygen atoms in total. The van der Waals surface area contributed by atoms with Crippen molar-refractivity contribution in [2.45, 2.75) is 33.4 Å². The van der Waals surface area contributed by atoms with Crippen LogP contribution in [0.3, 0.4) is 0 Å². The number of hydrogen-bond acceptors (Lipinski definition) is 3. The second-order valence-electron chi connectivity index (χ2n) is 6.09. The molecule has 0 bridgehead atoms. The van der Waals surface area contributed by atoms with Gasteiger partial charge in [0.2, 0.25) is 0 Å². The largest absolute Gasteiger partial charge is 0.324 e. The first-order chi connectivity index (χ1) is 11.0. The third kappa shape index (κ3) is 3.38. The Morgan fingerprint density at radius 3 is 2.22 bits per heavy atom. The lowest BCUT2D eigenvalue weighted by Crippen LogP contribution is -2.43. The first-order valence-electron chi connectivity index (χ1n) is 8.02. The van der Waals surface area contributed by atoms with Crippen LogP contribution in [-0.2, 0) is 0 Å². The fourth-order valence-corrected chi connectivity index (χ4v) is 3.11. The third-order valence-corrected chi connectivity index (χ3v) is 4.23. The molecule has 0 aromatic heterocycles. The maximum Gasteiger partial charge on any atom is 0.101 e. The summed E-state index contributed by atoms with van der Waals surface area (Å²) < 4.78 is 0. The molecule has 0 radical (unpaired) electrons. The second kappa shape index (κ2) is 7.30. The van der Waals surface area contributed by atoms with E-state index >= 15 is 0 Å². The highest BCUT2D eigenvalue weighted by atomic mass is 15.3. The summed E-state index contributed by atoms with van der Waals surface area (Å²) in [6.07, 6.45) is 1.14. The Kier molecular flexibility index (Phi) is 5.41. The average molecular weight is 307 g/mol. The van der Waals surface area contributed by atoms with E-state index in [9.17, 15) is 5.26 Å². The van der Waals surface area contributed by atoms with Gasteiger partial charge in [-0.15, -0.1) is 0 Å². The summed E-state index contributed by atoms with van der Waals surface area (Å²) in [6, 6.07) is 16.6. The first kappa shape index (κ1) is 17.1. The van der Waals surface area contributed by atoms with E-state index in [0.717, 1.165) is 23.4 Å². The molecule has 0 saturated carbocycles. The predicted molar refractivity (Wildman–Crippen MR) is 97.0 cm³/mol. The molecule has 120 valence electrons. The first-order valence-corrected chi connectivity index (χ1v) is 8.02. The maximum absolute atomic E-state index is 9.61. The minimum Gasteiger partial charge on any atom is -0.324 e. The molecular formula is C20H25N3. The Bertz CT molecular complexity index is 713. The molecular weight excluding hydrogens is 282 g/mol. The molecule has 0 N–H and O–H groups in total. The standard InChI is InChI=1S/C20H25N3/c1-6-19(22(4)5)23(18-13-8-7-10-15(18)2)20-16(3)11-9-12-17(20)14-21/h7-13,19H,6H2,1-5H3. The van der Waals surface area contributed by atoms with Gasteiger partial charge >= 0.3 is 0 Å². The Morgan fingerprint density at radius 1 is 1.00 bits per heavy atom. The maximum atomic E-state index is 9.61. The number of anilines is 2. The van der Waals surface area contributed by atoms with Crippen molar-refractivity contribution in [3.8, 4) is 6.07 Å². The molecule has 0 aliphatic carbocycles. The molecule has 0 saturated heterocycles. The monoisotopic (exact) mass is 307 g/mol. The summed E-state index contributed by atoms with van der Waals surface area (Å²) in [4.78, 5) is 4.52. The molecule has 1 unspecified atom stereocenters. The minimum atomic E-state index is 0.185. The lowest BCUT2D eigenvalue weighted by Gasteiger charge is -2.39. The molecule has 0 fully saturated rings. The number of para-hydroxylation sites is 2. The molecule has 2 aromatic rings. The van der Waals surface area contributed by atoms with Gasteiger partial charge in [-0.1, -0.05) is 37.3 Å². The summed E-state index contributed by atoms with van der Waals surface area (Å²) in [5, 5.41) is 9.61. The smallest absolute Gasteiger partial charge is 0.101 e. The van der Waals surface area contributed by atoms with Gasteiger partial charge in [-0.2, -0.15) is 5.26 Å². The van der Waals surface area contributed by atoms with Crippen molar-refractivity contribution in [2.75, 3.05) is 19.0 Å². The molecule has 0 aliphatic heterocycles. The van der Waals surface area contributed by atoms with E-state index in [2.05, 4.69) is 81.1 Å². The van der Waals surface area contributed by atoms with E-state index in [-0.39, 0.29) is 6.17 Å². The molecule has 23 heavy (non-hydrogen) atoms. The van der Waals surface area contributed by atoms with Gasteiger partial charge in [0.25, 0.3) is 0 Å². The van der Waals surface area contributed by atoms with Gasteiger partial charge in [-0.3, -0.25) is 4.90 Å². The predicted octanol–water partition coefficient (Wildman–Crippen LogP) is 4.61. The zero-order valence-electron chi connectivity index (χ0n) is 14.7. The summed E-state index contributed by atoms with van der Waals surface area (Å²) in [5.41, 5.74) is 5.20. The van der Waals surface area contributed by atoms with Crippen LogP contribution in [-0.4, -0.2) is 25.2 Å². The quantitative estimate of drug-likeness (QED) is 0.756. The highest BCUT2D eigenvalue weighted by Crippen LogP contribution is 2.36. The van der Waals surface area contributed by atoms with E-state index in [1.165, 1.54) is 5.56 Å². The highest BCUT2D eigenvalue weighted by Gasteiger charge is 2.25. The summed E-state index contributed by atoms with van der Waals surface area (Å²) >= 11 is 0. The number of nitrogens with zero attached hydrogens (tertiary/aromatic N) is 3. The van der Waals surface area contributed by atoms with Crippen LogP contribution in [0, 0.1) is 25.2 Å². The van der Waals surface area contributed by atoms with E-state index in [1.54, 1.807) is 0 Å². The van der Waals surface area contributed by atoms with E-state index < -0.39 is 0 Å². The van der Waals surface area contributed by atoms with Crippen molar-refractivity contribution in [2.24, 2.45) is 0 Å². The van der Waals surface area contributed by atoms with Crippen molar-refractivity contribution < 1.29 is 0 Å². The van der Waals surface area contributed by atoms with Crippen molar-refractivity contribution in [1.82, 2.24) is 4.90 Å². The molecule has 0 heterocycles. The zero-order chi connectivity index (χ0) is 17.0. The molecule has 0 amide bonds. The van der Waals surface area contributed by atoms with Crippen LogP contribution in [0.15, 0.2) is 42.5 Å². The highest BCUT2D eigenvalue weighted by molar-refractivity contribution is 5.74. The van der Waals surface area contributed by atoms with Gasteiger partial charge in [-0.25, -0.2) is 0 Å². The molecule has 0 spiro atoms. The van der Waals surface area contributed by atoms with E-state index in [4.69, 9.17) is 0 Å². The number of nitriles is 1. The number of benzene rings is 2. The minimum absolute atomic E-state index is 0.185. The molecule has 2 aromatic carbocycles. The Balaban J connectivity index is 2.74. The van der Waals surface area contributed by atoms with Gasteiger partial charge in [0.05, 0.1) is 17.4 Å². The second-order valence-corrected chi connectivity index (χ2v) is 6.09. The van der Waals surface area contributed by atoms with E-state index in [1.807, 2.05) is 12.1 Å². The fourth-order valence-electron chi connectivity index (χ4n) is 3.11. The van der Waals surface area contributed by atoms with E-state index in [0.29, 0.717) is 5.56 Å². The summed E-state index contributed by atoms with van der Waals surface area (Å²) in [7, 11) is 4.17. The lowest BCUT2D eigenvalue weighted by molar-refractivity contribution is 0.290. The van der Waals surface area contributed by atoms with Crippen LogP contribution in [0.25, 0.3) is 0 Å². The van der Waals surface area contributed by atoms with Crippen LogP contribution < -0.4 is 4.90 Å². The normalized spacial score (nSPS) is 12.0. The fraction of sp³-hybridized carbons (Fsp3) is 0.350. The van der Waals surface area contributed by atoms with Crippen molar-refractivity contribution >= 4 is 11.4 Å². The SMILES string of the molecule is CCC(N(C)C)N(c1ccccc1C)c1c(C)cccc1C#N. The summed E-state index contributed by atoms with van der Waals surface area (Å²) in [5.74, 6) is 0. The molecule has 0 aliphatic rings. The Labute approximate surface area is 139 Å². The topological polar surface area (TPSA) is 30.3 Å². The molecule has 2 rings (SSSR count). The van der Waals surface area contributed by atoms with Gasteiger partial charge in [0.15, 0.2) is 0 Å². The lowest BCUT2D eigenvalue weighted by atomic mass is 10.0. The molecule has 1 atom stereocenters. The van der Waals surface area contributed by atoms with Crippen LogP contribution in [0.2, 0.25) is 0 Å². The number of aryl methyl sites for hydroxylation is 2. The van der Waals surface area contributed by atoms with Gasteiger partial charge in [-0.05, 0) is 57.6 Å². The summed E-state index contributed by atoms with van der Waals surface area (Å²) in [6.45, 7) is 6.37. The number of hydrogen-bond donors (Lipinski definition) is 0. The third-order valence-electron chi connectivity index (χ3n) is 4.23. The van der Waals surface area contributed by atoms with Crippen molar-refractivity contribution in [3.05, 3.63) is 59.2 Å². The van der Waals surface area contributed by atoms with Crippen LogP contribution >= 0.6 is 0 Å². The Hall–Kier alpha value is -2.31.